The summed E-state index contributed by atoms with van der Waals surface area (Å²) in [4.78, 5) is 37.7. The van der Waals surface area contributed by atoms with Crippen molar-refractivity contribution >= 4 is 23.2 Å². The molecule has 3 aromatic rings. The van der Waals surface area contributed by atoms with Gasteiger partial charge in [-0.1, -0.05) is 11.3 Å². The predicted octanol–water partition coefficient (Wildman–Crippen LogP) is 1.09. The number of Topliss-reactive ketones (excluding diaryl/α,β-unsaturated/α-hetero) is 1. The number of fused-ring (bicyclic) bond motifs is 1. The predicted molar refractivity (Wildman–Crippen MR) is 113 cm³/mol. The number of aromatic nitrogens is 5. The minimum absolute atomic E-state index is 0.0813. The van der Waals surface area contributed by atoms with E-state index in [1.807, 2.05) is 4.90 Å². The van der Waals surface area contributed by atoms with Crippen LogP contribution in [-0.2, 0) is 16.3 Å². The molecule has 5 heterocycles. The molecule has 2 aliphatic heterocycles. The zero-order chi connectivity index (χ0) is 22.9. The highest BCUT2D eigenvalue weighted by molar-refractivity contribution is 6.38. The maximum absolute atomic E-state index is 14.7. The fourth-order valence-corrected chi connectivity index (χ4v) is 4.28. The van der Waals surface area contributed by atoms with Crippen molar-refractivity contribution in [3.05, 3.63) is 53.9 Å². The molecular formula is C21H20F2N8O2. The minimum Gasteiger partial charge on any atom is -0.381 e. The SMILES string of the molecule is O=C(C(=O)N1CCN(c2ncccc2CF)CC1)C1CNc2c(-n3ccnn3)ncc(F)c21. The summed E-state index contributed by atoms with van der Waals surface area (Å²) in [5.74, 6) is -2.14. The Labute approximate surface area is 187 Å². The zero-order valence-electron chi connectivity index (χ0n) is 17.5. The number of rotatable bonds is 5. The number of carbonyl (C=O) groups is 2. The molecule has 5 rings (SSSR count). The van der Waals surface area contributed by atoms with Gasteiger partial charge in [0.2, 0.25) is 5.78 Å². The highest BCUT2D eigenvalue weighted by Crippen LogP contribution is 2.37. The molecule has 0 bridgehead atoms. The lowest BCUT2D eigenvalue weighted by molar-refractivity contribution is -0.145. The van der Waals surface area contributed by atoms with E-state index in [1.54, 1.807) is 24.5 Å². The van der Waals surface area contributed by atoms with Crippen molar-refractivity contribution in [2.24, 2.45) is 0 Å². The number of alkyl halides is 1. The van der Waals surface area contributed by atoms with Crippen molar-refractivity contribution in [1.82, 2.24) is 29.9 Å². The van der Waals surface area contributed by atoms with E-state index >= 15 is 0 Å². The van der Waals surface area contributed by atoms with Crippen LogP contribution >= 0.6 is 0 Å². The van der Waals surface area contributed by atoms with E-state index in [9.17, 15) is 18.4 Å². The summed E-state index contributed by atoms with van der Waals surface area (Å²) in [5, 5.41) is 10.6. The molecule has 2 aliphatic rings. The molecule has 1 N–H and O–H groups in total. The molecule has 0 aliphatic carbocycles. The van der Waals surface area contributed by atoms with Crippen LogP contribution in [0.2, 0.25) is 0 Å². The molecule has 0 aromatic carbocycles. The smallest absolute Gasteiger partial charge is 0.290 e. The average Bonchev–Trinajstić information content (AvgIpc) is 3.55. The normalized spacial score (nSPS) is 17.6. The van der Waals surface area contributed by atoms with E-state index in [2.05, 4.69) is 25.6 Å². The van der Waals surface area contributed by atoms with Crippen molar-refractivity contribution in [2.75, 3.05) is 42.9 Å². The molecular weight excluding hydrogens is 434 g/mol. The van der Waals surface area contributed by atoms with Crippen molar-refractivity contribution in [2.45, 2.75) is 12.6 Å². The molecule has 1 saturated heterocycles. The fourth-order valence-electron chi connectivity index (χ4n) is 4.28. The van der Waals surface area contributed by atoms with Gasteiger partial charge in [0.15, 0.2) is 5.82 Å². The standard InChI is InChI=1S/C21H20F2N8O2/c22-10-13-2-1-3-24-19(13)29-6-8-30(9-7-29)21(33)18(32)14-11-25-17-16(14)15(23)12-26-20(17)31-5-4-27-28-31/h1-5,12,14,25H,6-11H2. The molecule has 12 heteroatoms. The van der Waals surface area contributed by atoms with Gasteiger partial charge in [0, 0.05) is 50.0 Å². The summed E-state index contributed by atoms with van der Waals surface area (Å²) in [7, 11) is 0. The van der Waals surface area contributed by atoms with E-state index in [0.29, 0.717) is 36.0 Å². The molecule has 1 atom stereocenters. The monoisotopic (exact) mass is 454 g/mol. The molecule has 3 aromatic heterocycles. The molecule has 10 nitrogen and oxygen atoms in total. The Kier molecular flexibility index (Phi) is 5.40. The largest absolute Gasteiger partial charge is 0.381 e. The van der Waals surface area contributed by atoms with Gasteiger partial charge in [0.05, 0.1) is 30.2 Å². The summed E-state index contributed by atoms with van der Waals surface area (Å²) in [6.45, 7) is 0.838. The molecule has 170 valence electrons. The Morgan fingerprint density at radius 2 is 1.94 bits per heavy atom. The zero-order valence-corrected chi connectivity index (χ0v) is 17.5. The van der Waals surface area contributed by atoms with Crippen LogP contribution in [0.25, 0.3) is 5.82 Å². The van der Waals surface area contributed by atoms with Gasteiger partial charge in [0.1, 0.15) is 18.3 Å². The summed E-state index contributed by atoms with van der Waals surface area (Å²) >= 11 is 0. The quantitative estimate of drug-likeness (QED) is 0.571. The van der Waals surface area contributed by atoms with Gasteiger partial charge in [-0.05, 0) is 6.07 Å². The number of amides is 1. The Bertz CT molecular complexity index is 1190. The highest BCUT2D eigenvalue weighted by atomic mass is 19.1. The average molecular weight is 454 g/mol. The maximum atomic E-state index is 14.7. The van der Waals surface area contributed by atoms with Crippen molar-refractivity contribution in [3.8, 4) is 5.82 Å². The second-order valence-electron chi connectivity index (χ2n) is 7.76. The lowest BCUT2D eigenvalue weighted by atomic mass is 9.96. The number of hydrogen-bond donors (Lipinski definition) is 1. The number of hydrogen-bond acceptors (Lipinski definition) is 8. The number of pyridine rings is 2. The Balaban J connectivity index is 1.31. The Morgan fingerprint density at radius 3 is 2.67 bits per heavy atom. The minimum atomic E-state index is -0.968. The lowest BCUT2D eigenvalue weighted by Gasteiger charge is -2.36. The Morgan fingerprint density at radius 1 is 1.12 bits per heavy atom. The first-order valence-electron chi connectivity index (χ1n) is 10.5. The van der Waals surface area contributed by atoms with Gasteiger partial charge in [-0.3, -0.25) is 9.59 Å². The van der Waals surface area contributed by atoms with Gasteiger partial charge in [0.25, 0.3) is 5.91 Å². The van der Waals surface area contributed by atoms with Crippen molar-refractivity contribution in [1.29, 1.82) is 0 Å². The molecule has 0 saturated carbocycles. The van der Waals surface area contributed by atoms with Crippen molar-refractivity contribution in [3.63, 3.8) is 0 Å². The Hall–Kier alpha value is -3.96. The van der Waals surface area contributed by atoms with Crippen LogP contribution in [0.15, 0.2) is 36.9 Å². The van der Waals surface area contributed by atoms with E-state index in [4.69, 9.17) is 0 Å². The van der Waals surface area contributed by atoms with Crippen LogP contribution in [0.3, 0.4) is 0 Å². The van der Waals surface area contributed by atoms with E-state index in [0.717, 1.165) is 6.20 Å². The van der Waals surface area contributed by atoms with Crippen LogP contribution < -0.4 is 10.2 Å². The van der Waals surface area contributed by atoms with E-state index in [-0.39, 0.29) is 25.2 Å². The molecule has 1 fully saturated rings. The van der Waals surface area contributed by atoms with Gasteiger partial charge >= 0.3 is 0 Å². The van der Waals surface area contributed by atoms with Crippen LogP contribution in [0, 0.1) is 5.82 Å². The first kappa shape index (κ1) is 20.9. The summed E-state index contributed by atoms with van der Waals surface area (Å²) in [5.41, 5.74) is 0.910. The second kappa shape index (κ2) is 8.52. The number of piperazine rings is 1. The highest BCUT2D eigenvalue weighted by Gasteiger charge is 2.39. The van der Waals surface area contributed by atoms with Gasteiger partial charge < -0.3 is 15.1 Å². The molecule has 1 amide bonds. The number of carbonyl (C=O) groups excluding carboxylic acids is 2. The number of nitrogens with zero attached hydrogens (tertiary/aromatic N) is 7. The van der Waals surface area contributed by atoms with Crippen LogP contribution in [0.5, 0.6) is 0 Å². The summed E-state index contributed by atoms with van der Waals surface area (Å²) in [6.07, 6.45) is 5.62. The molecule has 0 radical (unpaired) electrons. The number of anilines is 2. The first-order valence-corrected chi connectivity index (χ1v) is 10.5. The third-order valence-electron chi connectivity index (χ3n) is 5.93. The van der Waals surface area contributed by atoms with Gasteiger partial charge in [-0.15, -0.1) is 5.10 Å². The summed E-state index contributed by atoms with van der Waals surface area (Å²) in [6, 6.07) is 3.35. The van der Waals surface area contributed by atoms with Crippen molar-refractivity contribution < 1.29 is 18.4 Å². The van der Waals surface area contributed by atoms with Gasteiger partial charge in [-0.2, -0.15) is 0 Å². The van der Waals surface area contributed by atoms with Crippen LogP contribution in [0.1, 0.15) is 17.0 Å². The topological polar surface area (TPSA) is 109 Å². The van der Waals surface area contributed by atoms with Gasteiger partial charge in [-0.25, -0.2) is 23.4 Å². The molecule has 1 unspecified atom stereocenters. The third-order valence-corrected chi connectivity index (χ3v) is 5.93. The summed E-state index contributed by atoms with van der Waals surface area (Å²) < 4.78 is 29.3. The number of halogens is 2. The van der Waals surface area contributed by atoms with E-state index in [1.165, 1.54) is 15.8 Å². The maximum Gasteiger partial charge on any atom is 0.290 e. The lowest BCUT2D eigenvalue weighted by Crippen LogP contribution is -2.51. The molecule has 33 heavy (non-hydrogen) atoms. The number of nitrogens with one attached hydrogen (secondary N) is 1. The van der Waals surface area contributed by atoms with Crippen LogP contribution in [0.4, 0.5) is 20.3 Å². The fraction of sp³-hybridized carbons (Fsp3) is 0.333. The number of ketones is 1. The van der Waals surface area contributed by atoms with Crippen LogP contribution in [-0.4, -0.2) is 74.3 Å². The third kappa shape index (κ3) is 3.66. The van der Waals surface area contributed by atoms with E-state index < -0.39 is 30.1 Å². The first-order chi connectivity index (χ1) is 16.1. The molecule has 0 spiro atoms. The second-order valence-corrected chi connectivity index (χ2v) is 7.76.